The first-order valence-electron chi connectivity index (χ1n) is 11.6. The fourth-order valence-electron chi connectivity index (χ4n) is 4.28. The van der Waals surface area contributed by atoms with Crippen LogP contribution in [0, 0.1) is 0 Å². The van der Waals surface area contributed by atoms with Crippen LogP contribution in [-0.2, 0) is 24.0 Å². The molecule has 2 N–H and O–H groups in total. The third-order valence-corrected chi connectivity index (χ3v) is 6.11. The molecule has 0 aromatic heterocycles. The number of hydrogen-bond donors (Lipinski definition) is 2. The molecular formula is C24H31N5O6. The highest BCUT2D eigenvalue weighted by atomic mass is 16.2. The average molecular weight is 486 g/mol. The van der Waals surface area contributed by atoms with E-state index in [4.69, 9.17) is 0 Å². The molecule has 2 aliphatic rings. The molecule has 3 atom stereocenters. The number of fused-ring (bicyclic) bond motifs is 1. The maximum Gasteiger partial charge on any atom is 0.264 e. The molecule has 188 valence electrons. The maximum absolute atomic E-state index is 13.5. The van der Waals surface area contributed by atoms with Crippen molar-refractivity contribution in [1.82, 2.24) is 20.7 Å². The lowest BCUT2D eigenvalue weighted by atomic mass is 10.0. The van der Waals surface area contributed by atoms with E-state index >= 15 is 0 Å². The van der Waals surface area contributed by atoms with Crippen LogP contribution in [0.15, 0.2) is 24.3 Å². The van der Waals surface area contributed by atoms with Crippen LogP contribution < -0.4 is 15.5 Å². The van der Waals surface area contributed by atoms with E-state index in [-0.39, 0.29) is 43.9 Å². The predicted molar refractivity (Wildman–Crippen MR) is 126 cm³/mol. The van der Waals surface area contributed by atoms with E-state index in [2.05, 4.69) is 10.6 Å². The molecule has 1 aromatic rings. The van der Waals surface area contributed by atoms with Crippen molar-refractivity contribution in [3.05, 3.63) is 29.8 Å². The summed E-state index contributed by atoms with van der Waals surface area (Å²) in [6.45, 7) is 1.58. The first-order valence-corrected chi connectivity index (χ1v) is 11.6. The van der Waals surface area contributed by atoms with Gasteiger partial charge in [-0.2, -0.15) is 0 Å². The molecule has 0 spiro atoms. The Hall–Kier alpha value is -3.76. The monoisotopic (exact) mass is 485 g/mol. The first kappa shape index (κ1) is 25.9. The Morgan fingerprint density at radius 2 is 1.83 bits per heavy atom. The molecule has 0 radical (unpaired) electrons. The van der Waals surface area contributed by atoms with E-state index in [1.807, 2.05) is 19.0 Å². The fourth-order valence-corrected chi connectivity index (χ4v) is 4.28. The van der Waals surface area contributed by atoms with Crippen molar-refractivity contribution in [3.8, 4) is 0 Å². The van der Waals surface area contributed by atoms with E-state index in [0.717, 1.165) is 10.7 Å². The number of carbonyl (C=O) groups excluding carboxylic acids is 6. The summed E-state index contributed by atoms with van der Waals surface area (Å²) >= 11 is 0. The number of hydrogen-bond acceptors (Lipinski definition) is 7. The zero-order valence-corrected chi connectivity index (χ0v) is 20.2. The van der Waals surface area contributed by atoms with E-state index in [1.54, 1.807) is 24.3 Å². The quantitative estimate of drug-likeness (QED) is 0.496. The van der Waals surface area contributed by atoms with Crippen molar-refractivity contribution in [2.75, 3.05) is 25.5 Å². The standard InChI is InChI=1S/C24H31N5O6/c1-15(31)13-17(14-30)25-23(34)20-5-4-12-28-21(32)11-10-19(24(35)29(20)28)26-22(33)16-6-8-18(9-7-16)27(2)3/h6-9,14,17,19-20H,4-5,10-13H2,1-3H3,(H,25,34)(H,26,33)/t17-,19-,20-/m0/s1. The Kier molecular flexibility index (Phi) is 8.21. The van der Waals surface area contributed by atoms with Gasteiger partial charge in [0.25, 0.3) is 11.8 Å². The lowest BCUT2D eigenvalue weighted by molar-refractivity contribution is -0.176. The van der Waals surface area contributed by atoms with E-state index in [1.165, 1.54) is 11.9 Å². The summed E-state index contributed by atoms with van der Waals surface area (Å²) in [6.07, 6.45) is 1.20. The highest BCUT2D eigenvalue weighted by molar-refractivity contribution is 6.00. The van der Waals surface area contributed by atoms with E-state index < -0.39 is 35.8 Å². The van der Waals surface area contributed by atoms with Gasteiger partial charge in [0.2, 0.25) is 11.8 Å². The van der Waals surface area contributed by atoms with Crippen LogP contribution in [0.4, 0.5) is 5.69 Å². The molecule has 0 aliphatic carbocycles. The molecule has 0 unspecified atom stereocenters. The zero-order valence-electron chi connectivity index (χ0n) is 20.2. The van der Waals surface area contributed by atoms with Crippen molar-refractivity contribution in [1.29, 1.82) is 0 Å². The first-order chi connectivity index (χ1) is 16.6. The molecule has 4 amide bonds. The highest BCUT2D eigenvalue weighted by Crippen LogP contribution is 2.25. The van der Waals surface area contributed by atoms with E-state index in [0.29, 0.717) is 18.3 Å². The maximum atomic E-state index is 13.5. The molecule has 1 aromatic carbocycles. The van der Waals surface area contributed by atoms with Crippen LogP contribution in [0.25, 0.3) is 0 Å². The highest BCUT2D eigenvalue weighted by Gasteiger charge is 2.44. The Bertz CT molecular complexity index is 1010. The number of nitrogens with zero attached hydrogens (tertiary/aromatic N) is 3. The molecule has 11 heteroatoms. The molecular weight excluding hydrogens is 454 g/mol. The molecule has 0 saturated carbocycles. The Balaban J connectivity index is 1.79. The molecule has 2 saturated heterocycles. The number of rotatable bonds is 8. The van der Waals surface area contributed by atoms with Crippen LogP contribution in [-0.4, -0.2) is 84.5 Å². The summed E-state index contributed by atoms with van der Waals surface area (Å²) in [4.78, 5) is 76.7. The summed E-state index contributed by atoms with van der Waals surface area (Å²) < 4.78 is 0. The third-order valence-electron chi connectivity index (χ3n) is 6.11. The summed E-state index contributed by atoms with van der Waals surface area (Å²) in [5.74, 6) is -2.24. The predicted octanol–water partition coefficient (Wildman–Crippen LogP) is 0.0422. The summed E-state index contributed by atoms with van der Waals surface area (Å²) in [5.41, 5.74) is 1.27. The molecule has 3 rings (SSSR count). The molecule has 0 bridgehead atoms. The van der Waals surface area contributed by atoms with Gasteiger partial charge in [0.1, 0.15) is 24.2 Å². The number of anilines is 1. The lowest BCUT2D eigenvalue weighted by Crippen LogP contribution is -2.64. The van der Waals surface area contributed by atoms with Crippen molar-refractivity contribution in [2.24, 2.45) is 0 Å². The smallest absolute Gasteiger partial charge is 0.264 e. The minimum atomic E-state index is -1.04. The Labute approximate surface area is 203 Å². The van der Waals surface area contributed by atoms with Crippen molar-refractivity contribution >= 4 is 41.4 Å². The summed E-state index contributed by atoms with van der Waals surface area (Å²) in [6, 6.07) is 3.80. The van der Waals surface area contributed by atoms with Crippen molar-refractivity contribution in [3.63, 3.8) is 0 Å². The van der Waals surface area contributed by atoms with Crippen LogP contribution in [0.5, 0.6) is 0 Å². The second kappa shape index (κ2) is 11.1. The lowest BCUT2D eigenvalue weighted by Gasteiger charge is -2.43. The van der Waals surface area contributed by atoms with Gasteiger partial charge in [-0.05, 0) is 50.5 Å². The number of nitrogens with one attached hydrogen (secondary N) is 2. The van der Waals surface area contributed by atoms with Crippen LogP contribution in [0.3, 0.4) is 0 Å². The van der Waals surface area contributed by atoms with Gasteiger partial charge in [0.05, 0.1) is 6.04 Å². The number of carbonyl (C=O) groups is 6. The van der Waals surface area contributed by atoms with Gasteiger partial charge in [-0.15, -0.1) is 0 Å². The summed E-state index contributed by atoms with van der Waals surface area (Å²) in [7, 11) is 3.76. The van der Waals surface area contributed by atoms with Crippen LogP contribution in [0.2, 0.25) is 0 Å². The van der Waals surface area contributed by atoms with Crippen LogP contribution >= 0.6 is 0 Å². The van der Waals surface area contributed by atoms with Gasteiger partial charge in [-0.3, -0.25) is 29.0 Å². The number of aldehydes is 1. The second-order valence-electron chi connectivity index (χ2n) is 9.02. The van der Waals surface area contributed by atoms with Crippen molar-refractivity contribution in [2.45, 2.75) is 57.2 Å². The Morgan fingerprint density at radius 1 is 1.14 bits per heavy atom. The number of hydrazine groups is 1. The minimum Gasteiger partial charge on any atom is -0.378 e. The molecule has 2 heterocycles. The molecule has 2 aliphatic heterocycles. The average Bonchev–Trinajstić information content (AvgIpc) is 2.95. The normalized spacial score (nSPS) is 20.9. The summed E-state index contributed by atoms with van der Waals surface area (Å²) in [5, 5.41) is 7.58. The SMILES string of the molecule is CC(=O)C[C@@H](C=O)NC(=O)[C@@H]1CCCN2C(=O)CC[C@H](NC(=O)c3ccc(N(C)C)cc3)C(=O)N12. The fraction of sp³-hybridized carbons (Fsp3) is 0.500. The number of ketones is 1. The van der Waals surface area contributed by atoms with Gasteiger partial charge >= 0.3 is 0 Å². The van der Waals surface area contributed by atoms with Crippen LogP contribution in [0.1, 0.15) is 49.4 Å². The Morgan fingerprint density at radius 3 is 2.43 bits per heavy atom. The molecule has 2 fully saturated rings. The van der Waals surface area contributed by atoms with Gasteiger partial charge < -0.3 is 20.3 Å². The second-order valence-corrected chi connectivity index (χ2v) is 9.02. The van der Waals surface area contributed by atoms with E-state index in [9.17, 15) is 28.8 Å². The molecule has 35 heavy (non-hydrogen) atoms. The topological polar surface area (TPSA) is 136 Å². The zero-order chi connectivity index (χ0) is 25.7. The largest absolute Gasteiger partial charge is 0.378 e. The number of amides is 4. The molecule has 11 nitrogen and oxygen atoms in total. The van der Waals surface area contributed by atoms with Gasteiger partial charge in [-0.25, -0.2) is 5.01 Å². The third kappa shape index (κ3) is 6.03. The number of benzene rings is 1. The van der Waals surface area contributed by atoms with Gasteiger partial charge in [-0.1, -0.05) is 0 Å². The van der Waals surface area contributed by atoms with Gasteiger partial charge in [0.15, 0.2) is 0 Å². The minimum absolute atomic E-state index is 0.0302. The van der Waals surface area contributed by atoms with Crippen molar-refractivity contribution < 1.29 is 28.8 Å². The number of Topliss-reactive ketones (excluding diaryl/α,β-unsaturated/α-hetero) is 1. The van der Waals surface area contributed by atoms with Gasteiger partial charge in [0, 0.05) is 44.7 Å².